The number of rotatable bonds is 0. The fraction of sp³-hybridized carbons (Fsp3) is 0. The summed E-state index contributed by atoms with van der Waals surface area (Å²) >= 11 is 0. The van der Waals surface area contributed by atoms with Crippen LogP contribution in [0.1, 0.15) is 0 Å². The van der Waals surface area contributed by atoms with Crippen molar-refractivity contribution in [2.24, 2.45) is 0 Å². The van der Waals surface area contributed by atoms with Crippen molar-refractivity contribution in [3.05, 3.63) is 60.8 Å². The molecular formula is C18H11N. The molecule has 0 aliphatic rings. The second-order valence-electron chi connectivity index (χ2n) is 5.17. The number of nitrogens with one attached hydrogen (secondary N) is 1. The number of H-pyrrole nitrogens is 1. The van der Waals surface area contributed by atoms with Crippen LogP contribution in [0.4, 0.5) is 0 Å². The molecule has 5 aromatic rings. The van der Waals surface area contributed by atoms with Gasteiger partial charge in [0.2, 0.25) is 0 Å². The summed E-state index contributed by atoms with van der Waals surface area (Å²) in [5.41, 5.74) is 1.24. The van der Waals surface area contributed by atoms with E-state index in [1.807, 2.05) is 6.20 Å². The molecule has 19 heavy (non-hydrogen) atoms. The van der Waals surface area contributed by atoms with Crippen LogP contribution in [0, 0.1) is 0 Å². The monoisotopic (exact) mass is 241 g/mol. The predicted molar refractivity (Wildman–Crippen MR) is 82.0 cm³/mol. The van der Waals surface area contributed by atoms with Crippen LogP contribution in [0.5, 0.6) is 0 Å². The highest BCUT2D eigenvalue weighted by molar-refractivity contribution is 6.28. The Balaban J connectivity index is 2.27. The zero-order valence-electron chi connectivity index (χ0n) is 10.3. The van der Waals surface area contributed by atoms with E-state index in [-0.39, 0.29) is 0 Å². The predicted octanol–water partition coefficient (Wildman–Crippen LogP) is 5.07. The van der Waals surface area contributed by atoms with Crippen molar-refractivity contribution in [3.63, 3.8) is 0 Å². The molecule has 0 amide bonds. The van der Waals surface area contributed by atoms with E-state index in [2.05, 4.69) is 59.6 Å². The van der Waals surface area contributed by atoms with E-state index < -0.39 is 0 Å². The second kappa shape index (κ2) is 3.07. The molecule has 4 aromatic carbocycles. The lowest BCUT2D eigenvalue weighted by molar-refractivity contribution is 1.49. The zero-order valence-corrected chi connectivity index (χ0v) is 10.3. The molecular weight excluding hydrogens is 230 g/mol. The molecule has 0 saturated carbocycles. The Bertz CT molecular complexity index is 1040. The zero-order chi connectivity index (χ0) is 12.4. The van der Waals surface area contributed by atoms with Crippen LogP contribution >= 0.6 is 0 Å². The molecule has 0 atom stereocenters. The molecule has 1 nitrogen and oxygen atoms in total. The molecule has 0 radical (unpaired) electrons. The summed E-state index contributed by atoms with van der Waals surface area (Å²) in [5, 5.41) is 9.33. The first-order chi connectivity index (χ1) is 9.42. The number of aromatic amines is 1. The third kappa shape index (κ3) is 1.06. The fourth-order valence-corrected chi connectivity index (χ4v) is 3.34. The summed E-state index contributed by atoms with van der Waals surface area (Å²) < 4.78 is 0. The molecule has 0 fully saturated rings. The minimum atomic E-state index is 1.24. The average Bonchev–Trinajstić information content (AvgIpc) is 2.92. The smallest absolute Gasteiger partial charge is 0.0534 e. The molecule has 1 heteroatoms. The van der Waals surface area contributed by atoms with Crippen LogP contribution < -0.4 is 0 Å². The number of fused-ring (bicyclic) bond motifs is 2. The van der Waals surface area contributed by atoms with E-state index in [9.17, 15) is 0 Å². The van der Waals surface area contributed by atoms with E-state index in [1.165, 1.54) is 43.2 Å². The third-order valence-electron chi connectivity index (χ3n) is 4.17. The SMILES string of the molecule is c1cc2ccc3cc4cc[nH]c4c4ccc(c1)c2c34. The van der Waals surface area contributed by atoms with E-state index in [0.717, 1.165) is 0 Å². The number of hydrogen-bond acceptors (Lipinski definition) is 0. The maximum absolute atomic E-state index is 3.37. The van der Waals surface area contributed by atoms with Gasteiger partial charge in [0.25, 0.3) is 0 Å². The summed E-state index contributed by atoms with van der Waals surface area (Å²) in [6.45, 7) is 0. The maximum atomic E-state index is 3.37. The lowest BCUT2D eigenvalue weighted by Gasteiger charge is -2.11. The summed E-state index contributed by atoms with van der Waals surface area (Å²) in [6.07, 6.45) is 2.02. The summed E-state index contributed by atoms with van der Waals surface area (Å²) in [4.78, 5) is 3.37. The Morgan fingerprint density at radius 1 is 0.632 bits per heavy atom. The van der Waals surface area contributed by atoms with Crippen molar-refractivity contribution in [3.8, 4) is 0 Å². The highest BCUT2D eigenvalue weighted by atomic mass is 14.7. The van der Waals surface area contributed by atoms with Crippen molar-refractivity contribution in [2.45, 2.75) is 0 Å². The number of benzene rings is 4. The van der Waals surface area contributed by atoms with E-state index >= 15 is 0 Å². The fourth-order valence-electron chi connectivity index (χ4n) is 3.34. The van der Waals surface area contributed by atoms with Crippen molar-refractivity contribution in [2.75, 3.05) is 0 Å². The van der Waals surface area contributed by atoms with Gasteiger partial charge in [0, 0.05) is 17.0 Å². The summed E-state index contributed by atoms with van der Waals surface area (Å²) in [5.74, 6) is 0. The quantitative estimate of drug-likeness (QED) is 0.364. The van der Waals surface area contributed by atoms with Crippen LogP contribution in [0.3, 0.4) is 0 Å². The lowest BCUT2D eigenvalue weighted by atomic mass is 9.93. The minimum Gasteiger partial charge on any atom is -0.361 e. The maximum Gasteiger partial charge on any atom is 0.0534 e. The molecule has 1 aromatic heterocycles. The van der Waals surface area contributed by atoms with Crippen LogP contribution in [0.2, 0.25) is 0 Å². The Kier molecular flexibility index (Phi) is 1.52. The minimum absolute atomic E-state index is 1.24. The second-order valence-corrected chi connectivity index (χ2v) is 5.17. The molecule has 88 valence electrons. The molecule has 0 bridgehead atoms. The molecule has 1 heterocycles. The van der Waals surface area contributed by atoms with Gasteiger partial charge in [-0.1, -0.05) is 42.5 Å². The molecule has 0 unspecified atom stereocenters. The Morgan fingerprint density at radius 2 is 1.42 bits per heavy atom. The van der Waals surface area contributed by atoms with E-state index in [1.54, 1.807) is 0 Å². The van der Waals surface area contributed by atoms with Crippen LogP contribution in [0.25, 0.3) is 43.2 Å². The first kappa shape index (κ1) is 9.40. The van der Waals surface area contributed by atoms with Gasteiger partial charge in [-0.2, -0.15) is 0 Å². The van der Waals surface area contributed by atoms with Crippen molar-refractivity contribution >= 4 is 43.2 Å². The van der Waals surface area contributed by atoms with Crippen LogP contribution in [0.15, 0.2) is 60.8 Å². The Labute approximate surface area is 109 Å². The van der Waals surface area contributed by atoms with Gasteiger partial charge < -0.3 is 4.98 Å². The normalized spacial score (nSPS) is 12.2. The molecule has 0 aliphatic heterocycles. The molecule has 1 N–H and O–H groups in total. The highest BCUT2D eigenvalue weighted by Crippen LogP contribution is 2.37. The standard InChI is InChI=1S/C18H11N/c1-2-11-4-5-13-10-14-8-9-19-18(14)15-7-6-12(3-1)16(11)17(13)15/h1-10,19H. The first-order valence-electron chi connectivity index (χ1n) is 6.55. The highest BCUT2D eigenvalue weighted by Gasteiger charge is 2.10. The van der Waals surface area contributed by atoms with Crippen LogP contribution in [-0.4, -0.2) is 4.98 Å². The van der Waals surface area contributed by atoms with Gasteiger partial charge in [-0.15, -0.1) is 0 Å². The van der Waals surface area contributed by atoms with Crippen LogP contribution in [-0.2, 0) is 0 Å². The van der Waals surface area contributed by atoms with Gasteiger partial charge in [0.15, 0.2) is 0 Å². The molecule has 0 aliphatic carbocycles. The van der Waals surface area contributed by atoms with Gasteiger partial charge in [-0.3, -0.25) is 0 Å². The van der Waals surface area contributed by atoms with Gasteiger partial charge in [-0.25, -0.2) is 0 Å². The molecule has 0 spiro atoms. The number of aromatic nitrogens is 1. The first-order valence-corrected chi connectivity index (χ1v) is 6.55. The van der Waals surface area contributed by atoms with Gasteiger partial charge in [-0.05, 0) is 39.1 Å². The van der Waals surface area contributed by atoms with Crippen molar-refractivity contribution < 1.29 is 0 Å². The largest absolute Gasteiger partial charge is 0.361 e. The van der Waals surface area contributed by atoms with Gasteiger partial charge >= 0.3 is 0 Å². The van der Waals surface area contributed by atoms with Crippen molar-refractivity contribution in [1.29, 1.82) is 0 Å². The van der Waals surface area contributed by atoms with Gasteiger partial charge in [0.05, 0.1) is 5.52 Å². The topological polar surface area (TPSA) is 15.8 Å². The molecule has 5 rings (SSSR count). The third-order valence-corrected chi connectivity index (χ3v) is 4.17. The van der Waals surface area contributed by atoms with E-state index in [4.69, 9.17) is 0 Å². The van der Waals surface area contributed by atoms with Crippen molar-refractivity contribution in [1.82, 2.24) is 4.98 Å². The van der Waals surface area contributed by atoms with E-state index in [0.29, 0.717) is 0 Å². The lowest BCUT2D eigenvalue weighted by Crippen LogP contribution is -1.84. The summed E-state index contributed by atoms with van der Waals surface area (Å²) in [6, 6.07) is 19.9. The van der Waals surface area contributed by atoms with Gasteiger partial charge in [0.1, 0.15) is 0 Å². The Hall–Kier alpha value is -2.54. The average molecular weight is 241 g/mol. The molecule has 0 saturated heterocycles. The Morgan fingerprint density at radius 3 is 2.32 bits per heavy atom. The number of hydrogen-bond donors (Lipinski definition) is 1. The summed E-state index contributed by atoms with van der Waals surface area (Å²) in [7, 11) is 0.